The molecule has 1 amide bonds. The quantitative estimate of drug-likeness (QED) is 0.776. The molecule has 2 aromatic carbocycles. The maximum Gasteiger partial charge on any atom is 0.261 e. The predicted molar refractivity (Wildman–Crippen MR) is 103 cm³/mol. The lowest BCUT2D eigenvalue weighted by Crippen LogP contribution is -2.39. The first kappa shape index (κ1) is 20.0. The van der Waals surface area contributed by atoms with Crippen LogP contribution in [0.15, 0.2) is 48.5 Å². The van der Waals surface area contributed by atoms with Crippen LogP contribution in [0.5, 0.6) is 5.75 Å². The third kappa shape index (κ3) is 5.07. The zero-order chi connectivity index (χ0) is 19.3. The van der Waals surface area contributed by atoms with Gasteiger partial charge in [0.25, 0.3) is 5.91 Å². The van der Waals surface area contributed by atoms with E-state index >= 15 is 0 Å². The normalized spacial score (nSPS) is 13.8. The van der Waals surface area contributed by atoms with Crippen molar-refractivity contribution in [3.8, 4) is 5.75 Å². The molecule has 26 heavy (non-hydrogen) atoms. The van der Waals surface area contributed by atoms with E-state index in [1.165, 1.54) is 17.7 Å². The Hall–Kier alpha value is -2.36. The molecule has 3 nitrogen and oxygen atoms in total. The van der Waals surface area contributed by atoms with Crippen LogP contribution in [-0.2, 0) is 10.2 Å². The van der Waals surface area contributed by atoms with Crippen LogP contribution in [0, 0.1) is 5.82 Å². The summed E-state index contributed by atoms with van der Waals surface area (Å²) in [5, 5.41) is 2.96. The Morgan fingerprint density at radius 1 is 1.12 bits per heavy atom. The minimum atomic E-state index is -0.733. The van der Waals surface area contributed by atoms with Gasteiger partial charge in [0.2, 0.25) is 0 Å². The van der Waals surface area contributed by atoms with E-state index in [0.29, 0.717) is 6.42 Å². The molecule has 0 fully saturated rings. The molecule has 0 heterocycles. The van der Waals surface area contributed by atoms with Crippen molar-refractivity contribution in [2.24, 2.45) is 0 Å². The number of carbonyl (C=O) groups excluding carboxylic acids is 1. The molecule has 4 heteroatoms. The van der Waals surface area contributed by atoms with Gasteiger partial charge in [-0.05, 0) is 42.0 Å². The zero-order valence-electron chi connectivity index (χ0n) is 16.2. The standard InChI is InChI=1S/C22H28FNO2/c1-6-19(26-20-10-8-7-9-18(20)23)21(25)24-15(2)16-11-13-17(14-12-16)22(3,4)5/h7-15,19H,6H2,1-5H3,(H,24,25). The average molecular weight is 357 g/mol. The molecule has 2 aromatic rings. The van der Waals surface area contributed by atoms with Gasteiger partial charge in [-0.1, -0.05) is 64.1 Å². The molecule has 140 valence electrons. The molecule has 0 spiro atoms. The number of para-hydroxylation sites is 1. The van der Waals surface area contributed by atoms with Gasteiger partial charge >= 0.3 is 0 Å². The van der Waals surface area contributed by atoms with Crippen LogP contribution in [0.4, 0.5) is 4.39 Å². The van der Waals surface area contributed by atoms with Crippen molar-refractivity contribution in [3.05, 3.63) is 65.5 Å². The summed E-state index contributed by atoms with van der Waals surface area (Å²) in [5.41, 5.74) is 2.35. The number of hydrogen-bond acceptors (Lipinski definition) is 2. The summed E-state index contributed by atoms with van der Waals surface area (Å²) in [4.78, 5) is 12.5. The largest absolute Gasteiger partial charge is 0.478 e. The van der Waals surface area contributed by atoms with Gasteiger partial charge < -0.3 is 10.1 Å². The summed E-state index contributed by atoms with van der Waals surface area (Å²) in [7, 11) is 0. The minimum absolute atomic E-state index is 0.0892. The Kier molecular flexibility index (Phi) is 6.41. The number of carbonyl (C=O) groups is 1. The molecule has 0 radical (unpaired) electrons. The number of amides is 1. The Morgan fingerprint density at radius 3 is 2.27 bits per heavy atom. The Balaban J connectivity index is 2.03. The van der Waals surface area contributed by atoms with Crippen LogP contribution in [0.2, 0.25) is 0 Å². The van der Waals surface area contributed by atoms with Crippen molar-refractivity contribution in [2.45, 2.75) is 58.6 Å². The van der Waals surface area contributed by atoms with Crippen LogP contribution in [0.3, 0.4) is 0 Å². The first-order chi connectivity index (χ1) is 12.2. The minimum Gasteiger partial charge on any atom is -0.478 e. The monoisotopic (exact) mass is 357 g/mol. The van der Waals surface area contributed by atoms with Crippen LogP contribution in [-0.4, -0.2) is 12.0 Å². The van der Waals surface area contributed by atoms with Gasteiger partial charge in [0.05, 0.1) is 6.04 Å². The van der Waals surface area contributed by atoms with Gasteiger partial charge in [-0.3, -0.25) is 4.79 Å². The Bertz CT molecular complexity index is 735. The first-order valence-corrected chi connectivity index (χ1v) is 9.04. The number of halogens is 1. The van der Waals surface area contributed by atoms with Crippen molar-refractivity contribution in [3.63, 3.8) is 0 Å². The van der Waals surface area contributed by atoms with E-state index in [9.17, 15) is 9.18 Å². The van der Waals surface area contributed by atoms with Crippen molar-refractivity contribution >= 4 is 5.91 Å². The molecule has 1 N–H and O–H groups in total. The molecule has 0 aromatic heterocycles. The summed E-state index contributed by atoms with van der Waals surface area (Å²) >= 11 is 0. The van der Waals surface area contributed by atoms with E-state index in [-0.39, 0.29) is 23.1 Å². The molecule has 0 bridgehead atoms. The summed E-state index contributed by atoms with van der Waals surface area (Å²) in [6.07, 6.45) is -0.279. The van der Waals surface area contributed by atoms with Crippen molar-refractivity contribution < 1.29 is 13.9 Å². The van der Waals surface area contributed by atoms with Gasteiger partial charge in [-0.15, -0.1) is 0 Å². The molecule has 0 aliphatic heterocycles. The van der Waals surface area contributed by atoms with Gasteiger partial charge in [0, 0.05) is 0 Å². The van der Waals surface area contributed by atoms with Gasteiger partial charge in [-0.2, -0.15) is 0 Å². The zero-order valence-corrected chi connectivity index (χ0v) is 16.2. The summed E-state index contributed by atoms with van der Waals surface area (Å²) in [5.74, 6) is -0.621. The van der Waals surface area contributed by atoms with Gasteiger partial charge in [0.1, 0.15) is 0 Å². The summed E-state index contributed by atoms with van der Waals surface area (Å²) < 4.78 is 19.3. The fraction of sp³-hybridized carbons (Fsp3) is 0.409. The van der Waals surface area contributed by atoms with Gasteiger partial charge in [-0.25, -0.2) is 4.39 Å². The molecule has 2 atom stereocenters. The van der Waals surface area contributed by atoms with Crippen LogP contribution in [0.25, 0.3) is 0 Å². The van der Waals surface area contributed by atoms with E-state index in [0.717, 1.165) is 5.56 Å². The van der Waals surface area contributed by atoms with Gasteiger partial charge in [0.15, 0.2) is 17.7 Å². The van der Waals surface area contributed by atoms with E-state index in [2.05, 4.69) is 38.2 Å². The van der Waals surface area contributed by atoms with E-state index in [1.54, 1.807) is 12.1 Å². The van der Waals surface area contributed by atoms with Crippen LogP contribution >= 0.6 is 0 Å². The van der Waals surface area contributed by atoms with Crippen molar-refractivity contribution in [1.82, 2.24) is 5.32 Å². The number of ether oxygens (including phenoxy) is 1. The van der Waals surface area contributed by atoms with E-state index in [1.807, 2.05) is 26.0 Å². The fourth-order valence-corrected chi connectivity index (χ4v) is 2.68. The highest BCUT2D eigenvalue weighted by Crippen LogP contribution is 2.24. The highest BCUT2D eigenvalue weighted by Gasteiger charge is 2.22. The van der Waals surface area contributed by atoms with Crippen LogP contribution in [0.1, 0.15) is 58.2 Å². The topological polar surface area (TPSA) is 38.3 Å². The summed E-state index contributed by atoms with van der Waals surface area (Å²) in [6, 6.07) is 14.2. The molecule has 2 unspecified atom stereocenters. The smallest absolute Gasteiger partial charge is 0.261 e. The van der Waals surface area contributed by atoms with E-state index < -0.39 is 11.9 Å². The second kappa shape index (κ2) is 8.35. The molecular formula is C22H28FNO2. The maximum atomic E-state index is 13.8. The van der Waals surface area contributed by atoms with E-state index in [4.69, 9.17) is 4.74 Å². The molecule has 0 aliphatic carbocycles. The molecular weight excluding hydrogens is 329 g/mol. The first-order valence-electron chi connectivity index (χ1n) is 9.04. The molecule has 2 rings (SSSR count). The lowest BCUT2D eigenvalue weighted by Gasteiger charge is -2.22. The van der Waals surface area contributed by atoms with Crippen molar-refractivity contribution in [2.75, 3.05) is 0 Å². The highest BCUT2D eigenvalue weighted by atomic mass is 19.1. The Labute approximate surface area is 155 Å². The second-order valence-corrected chi connectivity index (χ2v) is 7.55. The van der Waals surface area contributed by atoms with Crippen molar-refractivity contribution in [1.29, 1.82) is 0 Å². The number of benzene rings is 2. The number of nitrogens with one attached hydrogen (secondary N) is 1. The predicted octanol–water partition coefficient (Wildman–Crippen LogP) is 5.16. The lowest BCUT2D eigenvalue weighted by atomic mass is 9.86. The lowest BCUT2D eigenvalue weighted by molar-refractivity contribution is -0.128. The maximum absolute atomic E-state index is 13.8. The number of rotatable bonds is 6. The average Bonchev–Trinajstić information content (AvgIpc) is 2.60. The highest BCUT2D eigenvalue weighted by molar-refractivity contribution is 5.81. The molecule has 0 aliphatic rings. The fourth-order valence-electron chi connectivity index (χ4n) is 2.68. The Morgan fingerprint density at radius 2 is 1.73 bits per heavy atom. The summed E-state index contributed by atoms with van der Waals surface area (Å²) in [6.45, 7) is 10.3. The SMILES string of the molecule is CCC(Oc1ccccc1F)C(=O)NC(C)c1ccc(C(C)(C)C)cc1. The third-order valence-electron chi connectivity index (χ3n) is 4.40. The molecule has 0 saturated carbocycles. The molecule has 0 saturated heterocycles. The second-order valence-electron chi connectivity index (χ2n) is 7.55. The number of hydrogen-bond donors (Lipinski definition) is 1. The third-order valence-corrected chi connectivity index (χ3v) is 4.40. The van der Waals surface area contributed by atoms with Crippen LogP contribution < -0.4 is 10.1 Å².